The zero-order valence-corrected chi connectivity index (χ0v) is 10.3. The number of likely N-dealkylation sites (tertiary alicyclic amines) is 2. The Bertz CT molecular complexity index is 357. The molecular formula is C13H21N3. The van der Waals surface area contributed by atoms with Crippen molar-refractivity contribution in [3.05, 3.63) is 24.0 Å². The average molecular weight is 219 g/mol. The maximum absolute atomic E-state index is 2.62. The molecule has 0 saturated carbocycles. The molecule has 0 radical (unpaired) electrons. The minimum atomic E-state index is 0.922. The fourth-order valence-electron chi connectivity index (χ4n) is 3.34. The molecule has 0 bridgehead atoms. The smallest absolute Gasteiger partial charge is 0.0387 e. The second-order valence-corrected chi connectivity index (χ2v) is 5.55. The third kappa shape index (κ3) is 1.78. The predicted octanol–water partition coefficient (Wildman–Crippen LogP) is 1.02. The highest BCUT2D eigenvalue weighted by molar-refractivity contribution is 5.07. The number of aryl methyl sites for hydroxylation is 1. The van der Waals surface area contributed by atoms with E-state index in [9.17, 15) is 0 Å². The number of rotatable bonds is 2. The van der Waals surface area contributed by atoms with E-state index in [1.165, 1.54) is 31.9 Å². The van der Waals surface area contributed by atoms with Crippen LogP contribution in [0.4, 0.5) is 0 Å². The molecule has 1 aromatic rings. The molecule has 1 aromatic heterocycles. The Morgan fingerprint density at radius 1 is 1.12 bits per heavy atom. The lowest BCUT2D eigenvalue weighted by molar-refractivity contribution is 0.268. The van der Waals surface area contributed by atoms with Crippen LogP contribution in [0.3, 0.4) is 0 Å². The van der Waals surface area contributed by atoms with Gasteiger partial charge in [0.05, 0.1) is 0 Å². The monoisotopic (exact) mass is 219 g/mol. The van der Waals surface area contributed by atoms with E-state index in [0.717, 1.165) is 18.4 Å². The molecule has 0 aliphatic carbocycles. The van der Waals surface area contributed by atoms with Crippen molar-refractivity contribution in [1.29, 1.82) is 0 Å². The molecule has 16 heavy (non-hydrogen) atoms. The van der Waals surface area contributed by atoms with Crippen LogP contribution in [0.25, 0.3) is 0 Å². The average Bonchev–Trinajstić information content (AvgIpc) is 2.83. The molecule has 3 nitrogen and oxygen atoms in total. The number of hydrogen-bond donors (Lipinski definition) is 0. The van der Waals surface area contributed by atoms with Crippen molar-refractivity contribution in [2.24, 2.45) is 18.9 Å². The fourth-order valence-corrected chi connectivity index (χ4v) is 3.34. The van der Waals surface area contributed by atoms with Crippen molar-refractivity contribution in [2.75, 3.05) is 33.2 Å². The van der Waals surface area contributed by atoms with Crippen molar-refractivity contribution in [3.63, 3.8) is 0 Å². The highest BCUT2D eigenvalue weighted by Crippen LogP contribution is 2.30. The quantitative estimate of drug-likeness (QED) is 0.736. The normalized spacial score (nSPS) is 31.1. The lowest BCUT2D eigenvalue weighted by Gasteiger charge is -2.19. The maximum Gasteiger partial charge on any atom is 0.0387 e. The summed E-state index contributed by atoms with van der Waals surface area (Å²) < 4.78 is 2.24. The van der Waals surface area contributed by atoms with Crippen molar-refractivity contribution >= 4 is 0 Å². The lowest BCUT2D eigenvalue weighted by Crippen LogP contribution is -2.27. The summed E-state index contributed by atoms with van der Waals surface area (Å²) in [7, 11) is 4.39. The molecule has 3 heterocycles. The molecule has 2 unspecified atom stereocenters. The van der Waals surface area contributed by atoms with Crippen LogP contribution < -0.4 is 0 Å². The molecule has 2 aliphatic heterocycles. The van der Waals surface area contributed by atoms with Crippen molar-refractivity contribution in [1.82, 2.24) is 14.4 Å². The Morgan fingerprint density at radius 3 is 2.38 bits per heavy atom. The molecule has 2 atom stereocenters. The van der Waals surface area contributed by atoms with Gasteiger partial charge < -0.3 is 9.47 Å². The van der Waals surface area contributed by atoms with Crippen LogP contribution in [0.2, 0.25) is 0 Å². The van der Waals surface area contributed by atoms with Crippen LogP contribution in [0, 0.1) is 11.8 Å². The molecule has 2 aliphatic rings. The Balaban J connectivity index is 1.62. The van der Waals surface area contributed by atoms with Crippen LogP contribution >= 0.6 is 0 Å². The fraction of sp³-hybridized carbons (Fsp3) is 0.692. The van der Waals surface area contributed by atoms with Gasteiger partial charge in [-0.2, -0.15) is 0 Å². The third-order valence-electron chi connectivity index (χ3n) is 4.18. The Hall–Kier alpha value is -0.800. The summed E-state index contributed by atoms with van der Waals surface area (Å²) in [6.45, 7) is 6.31. The number of hydrogen-bond acceptors (Lipinski definition) is 2. The Morgan fingerprint density at radius 2 is 1.81 bits per heavy atom. The van der Waals surface area contributed by atoms with Gasteiger partial charge in [0.25, 0.3) is 0 Å². The molecule has 0 aromatic carbocycles. The first-order valence-corrected chi connectivity index (χ1v) is 6.23. The van der Waals surface area contributed by atoms with Gasteiger partial charge in [-0.15, -0.1) is 0 Å². The molecule has 2 fully saturated rings. The number of fused-ring (bicyclic) bond motifs is 1. The molecule has 3 rings (SSSR count). The SMILES string of the molecule is CN1CC2CN(Cc3cccn3C)CC2C1. The second kappa shape index (κ2) is 3.90. The summed E-state index contributed by atoms with van der Waals surface area (Å²) in [6, 6.07) is 4.38. The summed E-state index contributed by atoms with van der Waals surface area (Å²) >= 11 is 0. The van der Waals surface area contributed by atoms with E-state index in [0.29, 0.717) is 0 Å². The summed E-state index contributed by atoms with van der Waals surface area (Å²) in [5, 5.41) is 0. The van der Waals surface area contributed by atoms with Gasteiger partial charge in [0, 0.05) is 51.7 Å². The van der Waals surface area contributed by atoms with Gasteiger partial charge in [-0.25, -0.2) is 0 Å². The van der Waals surface area contributed by atoms with Crippen molar-refractivity contribution in [3.8, 4) is 0 Å². The zero-order valence-electron chi connectivity index (χ0n) is 10.3. The molecule has 88 valence electrons. The van der Waals surface area contributed by atoms with Crippen LogP contribution in [-0.2, 0) is 13.6 Å². The van der Waals surface area contributed by atoms with E-state index in [1.807, 2.05) is 0 Å². The largest absolute Gasteiger partial charge is 0.353 e. The van der Waals surface area contributed by atoms with Crippen LogP contribution in [0.15, 0.2) is 18.3 Å². The van der Waals surface area contributed by atoms with Crippen LogP contribution in [0.5, 0.6) is 0 Å². The molecule has 0 N–H and O–H groups in total. The topological polar surface area (TPSA) is 11.4 Å². The predicted molar refractivity (Wildman–Crippen MR) is 65.2 cm³/mol. The number of aromatic nitrogens is 1. The van der Waals surface area contributed by atoms with E-state index in [1.54, 1.807) is 0 Å². The van der Waals surface area contributed by atoms with Gasteiger partial charge in [0.2, 0.25) is 0 Å². The maximum atomic E-state index is 2.62. The molecule has 3 heteroatoms. The van der Waals surface area contributed by atoms with Gasteiger partial charge in [0.15, 0.2) is 0 Å². The zero-order chi connectivity index (χ0) is 11.1. The first-order chi connectivity index (χ1) is 7.72. The molecule has 2 saturated heterocycles. The van der Waals surface area contributed by atoms with E-state index in [2.05, 4.69) is 46.8 Å². The van der Waals surface area contributed by atoms with Crippen molar-refractivity contribution < 1.29 is 0 Å². The second-order valence-electron chi connectivity index (χ2n) is 5.55. The van der Waals surface area contributed by atoms with E-state index < -0.39 is 0 Å². The van der Waals surface area contributed by atoms with Gasteiger partial charge >= 0.3 is 0 Å². The van der Waals surface area contributed by atoms with E-state index in [-0.39, 0.29) is 0 Å². The third-order valence-corrected chi connectivity index (χ3v) is 4.18. The summed E-state index contributed by atoms with van der Waals surface area (Å²) in [6.07, 6.45) is 2.14. The minimum absolute atomic E-state index is 0.922. The highest BCUT2D eigenvalue weighted by Gasteiger charge is 2.38. The standard InChI is InChI=1S/C13H21N3/c1-14-6-11-8-16(9-12(11)7-14)10-13-4-3-5-15(13)2/h3-5,11-12H,6-10H2,1-2H3. The first kappa shape index (κ1) is 10.4. The molecular weight excluding hydrogens is 198 g/mol. The van der Waals surface area contributed by atoms with Crippen LogP contribution in [0.1, 0.15) is 5.69 Å². The van der Waals surface area contributed by atoms with E-state index in [4.69, 9.17) is 0 Å². The Kier molecular flexibility index (Phi) is 2.52. The highest BCUT2D eigenvalue weighted by atomic mass is 15.2. The lowest BCUT2D eigenvalue weighted by atomic mass is 10.0. The Labute approximate surface area is 97.6 Å². The van der Waals surface area contributed by atoms with Gasteiger partial charge in [-0.3, -0.25) is 4.90 Å². The van der Waals surface area contributed by atoms with Gasteiger partial charge in [-0.1, -0.05) is 0 Å². The number of nitrogens with zero attached hydrogens (tertiary/aromatic N) is 3. The van der Waals surface area contributed by atoms with Gasteiger partial charge in [-0.05, 0) is 31.0 Å². The van der Waals surface area contributed by atoms with Crippen LogP contribution in [-0.4, -0.2) is 47.6 Å². The summed E-state index contributed by atoms with van der Waals surface area (Å²) in [5.74, 6) is 1.84. The molecule has 0 spiro atoms. The van der Waals surface area contributed by atoms with E-state index >= 15 is 0 Å². The first-order valence-electron chi connectivity index (χ1n) is 6.23. The summed E-state index contributed by atoms with van der Waals surface area (Å²) in [5.41, 5.74) is 1.44. The molecule has 0 amide bonds. The minimum Gasteiger partial charge on any atom is -0.353 e. The van der Waals surface area contributed by atoms with Gasteiger partial charge in [0.1, 0.15) is 0 Å². The van der Waals surface area contributed by atoms with Crippen molar-refractivity contribution in [2.45, 2.75) is 6.54 Å². The summed E-state index contributed by atoms with van der Waals surface area (Å²) in [4.78, 5) is 5.10.